The Bertz CT molecular complexity index is 717. The molecule has 1 saturated heterocycles. The van der Waals surface area contributed by atoms with Crippen molar-refractivity contribution in [3.63, 3.8) is 0 Å². The van der Waals surface area contributed by atoms with Crippen LogP contribution in [0.5, 0.6) is 0 Å². The summed E-state index contributed by atoms with van der Waals surface area (Å²) in [7, 11) is 0. The minimum atomic E-state index is -0.531. The van der Waals surface area contributed by atoms with Crippen LogP contribution in [0, 0.1) is 0 Å². The van der Waals surface area contributed by atoms with Crippen LogP contribution in [0.1, 0.15) is 56.8 Å². The molecule has 1 aromatic carbocycles. The Kier molecular flexibility index (Phi) is 8.76. The van der Waals surface area contributed by atoms with Crippen molar-refractivity contribution in [2.75, 3.05) is 36.5 Å². The highest BCUT2D eigenvalue weighted by Gasteiger charge is 2.20. The van der Waals surface area contributed by atoms with Gasteiger partial charge >= 0.3 is 12.0 Å². The SMILES string of the molecule is CCOC(=O)CNC(=O)Nc1ccc(N2CCCCC2)c(C(=O)NC(C)CC)c1. The Morgan fingerprint density at radius 1 is 1.14 bits per heavy atom. The first kappa shape index (κ1) is 22.5. The van der Waals surface area contributed by atoms with Gasteiger partial charge in [0.1, 0.15) is 6.54 Å². The number of nitrogens with zero attached hydrogens (tertiary/aromatic N) is 1. The van der Waals surface area contributed by atoms with Gasteiger partial charge < -0.3 is 25.6 Å². The first-order chi connectivity index (χ1) is 13.9. The Hall–Kier alpha value is -2.77. The number of rotatable bonds is 8. The van der Waals surface area contributed by atoms with Crippen molar-refractivity contribution >= 4 is 29.3 Å². The molecule has 3 amide bonds. The minimum Gasteiger partial charge on any atom is -0.465 e. The zero-order chi connectivity index (χ0) is 21.2. The molecule has 0 aromatic heterocycles. The summed E-state index contributed by atoms with van der Waals surface area (Å²) in [5.41, 5.74) is 1.90. The molecule has 8 heteroatoms. The Morgan fingerprint density at radius 2 is 1.86 bits per heavy atom. The second-order valence-corrected chi connectivity index (χ2v) is 7.18. The number of urea groups is 1. The zero-order valence-corrected chi connectivity index (χ0v) is 17.5. The predicted octanol–water partition coefficient (Wildman–Crippen LogP) is 2.89. The number of carbonyl (C=O) groups excluding carboxylic acids is 3. The molecule has 1 aliphatic heterocycles. The standard InChI is InChI=1S/C21H32N4O4/c1-4-15(3)23-20(27)17-13-16(24-21(28)22-14-19(26)29-5-2)9-10-18(17)25-11-7-6-8-12-25/h9-10,13,15H,4-8,11-12,14H2,1-3H3,(H,23,27)(H2,22,24,28). The highest BCUT2D eigenvalue weighted by Crippen LogP contribution is 2.27. The molecule has 160 valence electrons. The van der Waals surface area contributed by atoms with Crippen LogP contribution in [-0.4, -0.2) is 50.2 Å². The van der Waals surface area contributed by atoms with Gasteiger partial charge in [-0.2, -0.15) is 0 Å². The number of esters is 1. The average Bonchev–Trinajstić information content (AvgIpc) is 2.73. The number of carbonyl (C=O) groups is 3. The molecule has 3 N–H and O–H groups in total. The summed E-state index contributed by atoms with van der Waals surface area (Å²) < 4.78 is 4.78. The fraction of sp³-hybridized carbons (Fsp3) is 0.571. The average molecular weight is 405 g/mol. The van der Waals surface area contributed by atoms with Crippen LogP contribution < -0.4 is 20.9 Å². The monoisotopic (exact) mass is 404 g/mol. The van der Waals surface area contributed by atoms with Gasteiger partial charge in [-0.25, -0.2) is 4.79 Å². The second-order valence-electron chi connectivity index (χ2n) is 7.18. The van der Waals surface area contributed by atoms with Crippen LogP contribution in [-0.2, 0) is 9.53 Å². The number of hydrogen-bond donors (Lipinski definition) is 3. The quantitative estimate of drug-likeness (QED) is 0.579. The summed E-state index contributed by atoms with van der Waals surface area (Å²) in [6.07, 6.45) is 4.23. The Morgan fingerprint density at radius 3 is 2.52 bits per heavy atom. The molecule has 1 fully saturated rings. The maximum atomic E-state index is 12.9. The van der Waals surface area contributed by atoms with Gasteiger partial charge in [-0.3, -0.25) is 9.59 Å². The fourth-order valence-corrected chi connectivity index (χ4v) is 3.15. The highest BCUT2D eigenvalue weighted by molar-refractivity contribution is 6.02. The third-order valence-electron chi connectivity index (χ3n) is 4.88. The van der Waals surface area contributed by atoms with Crippen molar-refractivity contribution in [1.29, 1.82) is 0 Å². The maximum absolute atomic E-state index is 12.9. The molecule has 1 aliphatic rings. The molecule has 0 spiro atoms. The van der Waals surface area contributed by atoms with E-state index in [-0.39, 0.29) is 25.1 Å². The van der Waals surface area contributed by atoms with Crippen LogP contribution in [0.15, 0.2) is 18.2 Å². The fourth-order valence-electron chi connectivity index (χ4n) is 3.15. The first-order valence-corrected chi connectivity index (χ1v) is 10.3. The molecule has 0 bridgehead atoms. The molecule has 8 nitrogen and oxygen atoms in total. The summed E-state index contributed by atoms with van der Waals surface area (Å²) in [6, 6.07) is 4.86. The number of ether oxygens (including phenoxy) is 1. The van der Waals surface area contributed by atoms with E-state index in [9.17, 15) is 14.4 Å². The Balaban J connectivity index is 2.15. The molecule has 0 radical (unpaired) electrons. The summed E-state index contributed by atoms with van der Waals surface area (Å²) in [6.45, 7) is 7.55. The molecule has 1 atom stereocenters. The number of piperidine rings is 1. The van der Waals surface area contributed by atoms with Crippen molar-refractivity contribution in [3.05, 3.63) is 23.8 Å². The molecular weight excluding hydrogens is 372 g/mol. The topological polar surface area (TPSA) is 99.8 Å². The summed E-state index contributed by atoms with van der Waals surface area (Å²) in [5.74, 6) is -0.660. The van der Waals surface area contributed by atoms with Crippen molar-refractivity contribution in [3.8, 4) is 0 Å². The molecule has 1 unspecified atom stereocenters. The predicted molar refractivity (Wildman–Crippen MR) is 113 cm³/mol. The van der Waals surface area contributed by atoms with Crippen molar-refractivity contribution in [1.82, 2.24) is 10.6 Å². The number of hydrogen-bond acceptors (Lipinski definition) is 5. The van der Waals surface area contributed by atoms with Crippen LogP contribution >= 0.6 is 0 Å². The van der Waals surface area contributed by atoms with Crippen molar-refractivity contribution < 1.29 is 19.1 Å². The lowest BCUT2D eigenvalue weighted by molar-refractivity contribution is -0.141. The van der Waals surface area contributed by atoms with Gasteiger partial charge in [0.2, 0.25) is 0 Å². The Labute approximate surface area is 172 Å². The largest absolute Gasteiger partial charge is 0.465 e. The van der Waals surface area contributed by atoms with E-state index < -0.39 is 12.0 Å². The molecule has 1 heterocycles. The first-order valence-electron chi connectivity index (χ1n) is 10.3. The van der Waals surface area contributed by atoms with Crippen molar-refractivity contribution in [2.24, 2.45) is 0 Å². The second kappa shape index (κ2) is 11.3. The van der Waals surface area contributed by atoms with E-state index in [1.165, 1.54) is 6.42 Å². The minimum absolute atomic E-state index is 0.0567. The van der Waals surface area contributed by atoms with Crippen LogP contribution in [0.4, 0.5) is 16.2 Å². The van der Waals surface area contributed by atoms with Gasteiger partial charge in [0.05, 0.1) is 12.2 Å². The van der Waals surface area contributed by atoms with E-state index in [0.717, 1.165) is 38.0 Å². The third kappa shape index (κ3) is 6.96. The van der Waals surface area contributed by atoms with E-state index in [1.807, 2.05) is 19.9 Å². The van der Waals surface area contributed by atoms with Crippen LogP contribution in [0.2, 0.25) is 0 Å². The van der Waals surface area contributed by atoms with E-state index >= 15 is 0 Å². The number of anilines is 2. The molecule has 0 aliphatic carbocycles. The zero-order valence-electron chi connectivity index (χ0n) is 17.5. The van der Waals surface area contributed by atoms with Crippen LogP contribution in [0.25, 0.3) is 0 Å². The van der Waals surface area contributed by atoms with Crippen molar-refractivity contribution in [2.45, 2.75) is 52.5 Å². The molecule has 1 aromatic rings. The lowest BCUT2D eigenvalue weighted by Crippen LogP contribution is -2.36. The molecular formula is C21H32N4O4. The van der Waals surface area contributed by atoms with Gasteiger partial charge in [-0.1, -0.05) is 6.92 Å². The number of nitrogens with one attached hydrogen (secondary N) is 3. The highest BCUT2D eigenvalue weighted by atomic mass is 16.5. The van der Waals surface area contributed by atoms with Gasteiger partial charge in [-0.15, -0.1) is 0 Å². The summed E-state index contributed by atoms with van der Waals surface area (Å²) in [4.78, 5) is 38.5. The number of benzene rings is 1. The van der Waals surface area contributed by atoms with E-state index in [1.54, 1.807) is 19.1 Å². The van der Waals surface area contributed by atoms with Gasteiger partial charge in [0.15, 0.2) is 0 Å². The van der Waals surface area contributed by atoms with Gasteiger partial charge in [-0.05, 0) is 57.7 Å². The summed E-state index contributed by atoms with van der Waals surface area (Å²) >= 11 is 0. The van der Waals surface area contributed by atoms with Gasteiger partial charge in [0.25, 0.3) is 5.91 Å². The third-order valence-corrected chi connectivity index (χ3v) is 4.88. The van der Waals surface area contributed by atoms with E-state index in [4.69, 9.17) is 4.74 Å². The van der Waals surface area contributed by atoms with E-state index in [2.05, 4.69) is 20.9 Å². The normalized spacial score (nSPS) is 14.7. The molecule has 2 rings (SSSR count). The molecule has 29 heavy (non-hydrogen) atoms. The summed E-state index contributed by atoms with van der Waals surface area (Å²) in [5, 5.41) is 8.13. The van der Waals surface area contributed by atoms with E-state index in [0.29, 0.717) is 11.3 Å². The lowest BCUT2D eigenvalue weighted by atomic mass is 10.1. The van der Waals surface area contributed by atoms with Gasteiger partial charge in [0, 0.05) is 30.5 Å². The number of amides is 3. The molecule has 0 saturated carbocycles. The maximum Gasteiger partial charge on any atom is 0.325 e. The van der Waals surface area contributed by atoms with Crippen LogP contribution in [0.3, 0.4) is 0 Å². The smallest absolute Gasteiger partial charge is 0.325 e. The lowest BCUT2D eigenvalue weighted by Gasteiger charge is -2.31.